The van der Waals surface area contributed by atoms with Crippen LogP contribution in [0.15, 0.2) is 72.1 Å². The zero-order chi connectivity index (χ0) is 53.8. The molecule has 4 rings (SSSR count). The zero-order valence-electron chi connectivity index (χ0n) is 42.4. The number of aliphatic imine (C=N–C) groups is 1. The Morgan fingerprint density at radius 1 is 0.781 bits per heavy atom. The van der Waals surface area contributed by atoms with E-state index in [1.54, 1.807) is 82.2 Å². The Balaban J connectivity index is 1.58. The number of H-pyrrole nitrogens is 1. The lowest BCUT2D eigenvalue weighted by atomic mass is 9.96. The number of likely N-dealkylation sites (N-methyl/N-ethyl adjacent to an activating group) is 1. The molecular formula is C50H73N13O10. The summed E-state index contributed by atoms with van der Waals surface area (Å²) >= 11 is 0. The summed E-state index contributed by atoms with van der Waals surface area (Å²) in [6.45, 7) is 7.24. The second-order valence-corrected chi connectivity index (χ2v) is 19.0. The van der Waals surface area contributed by atoms with Gasteiger partial charge in [0, 0.05) is 44.2 Å². The van der Waals surface area contributed by atoms with Crippen molar-refractivity contribution in [1.82, 2.24) is 51.7 Å². The maximum atomic E-state index is 14.6. The first-order valence-corrected chi connectivity index (χ1v) is 24.5. The summed E-state index contributed by atoms with van der Waals surface area (Å²) in [6, 6.07) is 6.25. The summed E-state index contributed by atoms with van der Waals surface area (Å²) in [6.07, 6.45) is 4.20. The van der Waals surface area contributed by atoms with Crippen LogP contribution in [0.3, 0.4) is 0 Å². The number of imidazole rings is 1. The highest BCUT2D eigenvalue weighted by Gasteiger charge is 2.41. The van der Waals surface area contributed by atoms with Crippen LogP contribution in [0.4, 0.5) is 0 Å². The van der Waals surface area contributed by atoms with Gasteiger partial charge in [0.2, 0.25) is 41.4 Å². The van der Waals surface area contributed by atoms with Crippen LogP contribution in [-0.2, 0) is 57.6 Å². The van der Waals surface area contributed by atoms with Gasteiger partial charge >= 0.3 is 5.97 Å². The van der Waals surface area contributed by atoms with E-state index in [9.17, 15) is 48.6 Å². The number of likely N-dealkylation sites (tertiary alicyclic amines) is 1. The molecule has 0 saturated carbocycles. The van der Waals surface area contributed by atoms with E-state index in [0.717, 1.165) is 0 Å². The Hall–Kier alpha value is -7.56. The van der Waals surface area contributed by atoms with Crippen LogP contribution in [-0.4, -0.2) is 159 Å². The molecule has 1 aliphatic rings. The van der Waals surface area contributed by atoms with Crippen molar-refractivity contribution in [3.05, 3.63) is 83.9 Å². The largest absolute Gasteiger partial charge is 0.508 e. The lowest BCUT2D eigenvalue weighted by Gasteiger charge is -2.32. The third-order valence-electron chi connectivity index (χ3n) is 12.4. The number of carbonyl (C=O) groups excluding carboxylic acids is 7. The van der Waals surface area contributed by atoms with E-state index >= 15 is 0 Å². The Morgan fingerprint density at radius 2 is 1.40 bits per heavy atom. The molecule has 0 radical (unpaired) electrons. The molecule has 1 saturated heterocycles. The smallest absolute Gasteiger partial charge is 0.326 e. The van der Waals surface area contributed by atoms with Crippen LogP contribution < -0.4 is 43.4 Å². The first kappa shape index (κ1) is 58.0. The van der Waals surface area contributed by atoms with Crippen molar-refractivity contribution in [2.75, 3.05) is 33.7 Å². The molecule has 2 aromatic carbocycles. The predicted molar refractivity (Wildman–Crippen MR) is 271 cm³/mol. The standard InChI is InChI=1S/C50H73N13O10/c1-7-30(4)42(47(70)58-37(25-33-26-53-28-55-33)48(71)63-22-12-16-39(63)45(68)59-38(49(72)73)24-31-13-9-8-10-14-31)61-44(67)36(23-32-17-19-34(64)20-18-32)57-46(69)41(29(2)3)60-43(66)35(15-11-21-54-50(51)52)56-40(65)27-62(5)6/h8-10,13-14,17-20,26,28-30,35-39,41-42,64H,7,11-12,15-16,21-25,27H2,1-6H3,(H,53,55)(H,56,65)(H,57,69)(H,58,70)(H,59,68)(H,60,66)(H,61,67)(H,72,73)(H4,51,52,54)/t30-,35-,36-,37-,38-,39-,41-,42-/m0/s1. The van der Waals surface area contributed by atoms with Crippen LogP contribution in [0.2, 0.25) is 0 Å². The van der Waals surface area contributed by atoms with E-state index in [4.69, 9.17) is 11.5 Å². The molecule has 0 spiro atoms. The second kappa shape index (κ2) is 28.5. The highest BCUT2D eigenvalue weighted by Crippen LogP contribution is 2.21. The fourth-order valence-electron chi connectivity index (χ4n) is 8.28. The maximum absolute atomic E-state index is 14.6. The number of phenolic OH excluding ortho intramolecular Hbond substituents is 1. The number of rotatable bonds is 28. The zero-order valence-corrected chi connectivity index (χ0v) is 42.4. The molecule has 2 heterocycles. The summed E-state index contributed by atoms with van der Waals surface area (Å²) in [4.78, 5) is 125. The number of carboxylic acid groups (broad SMARTS) is 1. The molecule has 1 aliphatic heterocycles. The highest BCUT2D eigenvalue weighted by molar-refractivity contribution is 5.98. The number of nitrogens with one attached hydrogen (secondary N) is 7. The molecule has 1 aromatic heterocycles. The number of aliphatic carboxylic acids is 1. The van der Waals surface area contributed by atoms with Crippen molar-refractivity contribution in [2.24, 2.45) is 28.3 Å². The van der Waals surface area contributed by atoms with Gasteiger partial charge in [-0.1, -0.05) is 76.6 Å². The second-order valence-electron chi connectivity index (χ2n) is 19.0. The molecule has 8 atom stereocenters. The Bertz CT molecular complexity index is 2340. The number of nitrogens with zero attached hydrogens (tertiary/aromatic N) is 4. The fourth-order valence-corrected chi connectivity index (χ4v) is 8.28. The number of carbonyl (C=O) groups is 8. The summed E-state index contributed by atoms with van der Waals surface area (Å²) in [5.41, 5.74) is 12.6. The van der Waals surface area contributed by atoms with Crippen molar-refractivity contribution < 1.29 is 48.6 Å². The normalized spacial score (nSPS) is 16.2. The number of amides is 7. The van der Waals surface area contributed by atoms with Crippen LogP contribution >= 0.6 is 0 Å². The quantitative estimate of drug-likeness (QED) is 0.0247. The number of aromatic hydroxyl groups is 1. The van der Waals surface area contributed by atoms with Crippen LogP contribution in [0.5, 0.6) is 5.75 Å². The lowest BCUT2D eigenvalue weighted by Crippen LogP contribution is -2.62. The molecule has 0 bridgehead atoms. The van der Waals surface area contributed by atoms with Crippen molar-refractivity contribution in [3.63, 3.8) is 0 Å². The predicted octanol–water partition coefficient (Wildman–Crippen LogP) is -0.555. The Morgan fingerprint density at radius 3 is 2.00 bits per heavy atom. The van der Waals surface area contributed by atoms with Gasteiger partial charge < -0.3 is 68.4 Å². The molecule has 7 amide bonds. The van der Waals surface area contributed by atoms with Gasteiger partial charge in [-0.3, -0.25) is 38.6 Å². The van der Waals surface area contributed by atoms with Gasteiger partial charge in [-0.05, 0) is 74.9 Å². The molecule has 1 fully saturated rings. The minimum absolute atomic E-state index is 0.0131. The maximum Gasteiger partial charge on any atom is 0.326 e. The van der Waals surface area contributed by atoms with E-state index in [1.165, 1.54) is 29.6 Å². The highest BCUT2D eigenvalue weighted by atomic mass is 16.4. The molecule has 0 unspecified atom stereocenters. The average molecular weight is 1020 g/mol. The van der Waals surface area contributed by atoms with Gasteiger partial charge in [0.05, 0.1) is 12.9 Å². The van der Waals surface area contributed by atoms with Crippen LogP contribution in [0.1, 0.15) is 76.6 Å². The number of aromatic nitrogens is 2. The molecule has 23 nitrogen and oxygen atoms in total. The molecule has 0 aliphatic carbocycles. The first-order valence-electron chi connectivity index (χ1n) is 24.5. The number of benzene rings is 2. The number of aromatic amines is 1. The van der Waals surface area contributed by atoms with E-state index in [0.29, 0.717) is 36.1 Å². The molecule has 23 heteroatoms. The summed E-state index contributed by atoms with van der Waals surface area (Å²) in [5.74, 6) is -7.10. The van der Waals surface area contributed by atoms with Gasteiger partial charge in [0.25, 0.3) is 0 Å². The van der Waals surface area contributed by atoms with Crippen LogP contribution in [0.25, 0.3) is 0 Å². The lowest BCUT2D eigenvalue weighted by molar-refractivity contribution is -0.145. The van der Waals surface area contributed by atoms with Crippen molar-refractivity contribution in [1.29, 1.82) is 0 Å². The van der Waals surface area contributed by atoms with Gasteiger partial charge in [-0.15, -0.1) is 0 Å². The number of carboxylic acids is 1. The number of hydrogen-bond acceptors (Lipinski definition) is 12. The van der Waals surface area contributed by atoms with Crippen molar-refractivity contribution in [2.45, 2.75) is 121 Å². The summed E-state index contributed by atoms with van der Waals surface area (Å²) in [5, 5.41) is 36.5. The average Bonchev–Trinajstić information content (AvgIpc) is 4.06. The molecular weight excluding hydrogens is 943 g/mol. The number of hydrogen-bond donors (Lipinski definition) is 11. The SMILES string of the molecule is CC[C@H](C)[C@H](NC(=O)[C@H](Cc1ccc(O)cc1)NC(=O)[C@@H](NC(=O)[C@H](CCCN=C(N)N)NC(=O)CN(C)C)C(C)C)C(=O)N[C@@H](Cc1cnc[nH]1)C(=O)N1CCC[C@H]1C(=O)N[C@@H](Cc1ccccc1)C(=O)O. The molecule has 398 valence electrons. The Labute approximate surface area is 425 Å². The monoisotopic (exact) mass is 1020 g/mol. The van der Waals surface area contributed by atoms with Crippen molar-refractivity contribution >= 4 is 53.3 Å². The van der Waals surface area contributed by atoms with Crippen molar-refractivity contribution in [3.8, 4) is 5.75 Å². The topological polar surface area (TPSA) is 349 Å². The minimum Gasteiger partial charge on any atom is -0.508 e. The molecule has 13 N–H and O–H groups in total. The Kier molecular flexibility index (Phi) is 22.6. The third-order valence-corrected chi connectivity index (χ3v) is 12.4. The number of nitrogens with two attached hydrogens (primary N) is 2. The fraction of sp³-hybridized carbons (Fsp3) is 0.520. The molecule has 73 heavy (non-hydrogen) atoms. The third kappa shape index (κ3) is 18.5. The van der Waals surface area contributed by atoms with Gasteiger partial charge in [0.1, 0.15) is 48.0 Å². The van der Waals surface area contributed by atoms with Crippen LogP contribution in [0, 0.1) is 11.8 Å². The summed E-state index contributed by atoms with van der Waals surface area (Å²) in [7, 11) is 3.39. The first-order chi connectivity index (χ1) is 34.7. The van der Waals surface area contributed by atoms with E-state index < -0.39 is 101 Å². The number of guanidine groups is 1. The molecule has 3 aromatic rings. The minimum atomic E-state index is -1.35. The summed E-state index contributed by atoms with van der Waals surface area (Å²) < 4.78 is 0. The van der Waals surface area contributed by atoms with E-state index in [1.807, 2.05) is 6.92 Å². The van der Waals surface area contributed by atoms with Gasteiger partial charge in [0.15, 0.2) is 5.96 Å². The van der Waals surface area contributed by atoms with Gasteiger partial charge in [-0.25, -0.2) is 9.78 Å². The van der Waals surface area contributed by atoms with E-state index in [2.05, 4.69) is 46.9 Å². The number of phenols is 1. The van der Waals surface area contributed by atoms with E-state index in [-0.39, 0.29) is 63.4 Å². The van der Waals surface area contributed by atoms with Gasteiger partial charge in [-0.2, -0.15) is 0 Å².